The van der Waals surface area contributed by atoms with E-state index in [1.807, 2.05) is 0 Å². The monoisotopic (exact) mass is 437 g/mol. The Labute approximate surface area is 178 Å². The third-order valence-electron chi connectivity index (χ3n) is 6.42. The molecule has 140 valence electrons. The fourth-order valence-electron chi connectivity index (χ4n) is 5.20. The van der Waals surface area contributed by atoms with E-state index in [4.69, 9.17) is 0 Å². The van der Waals surface area contributed by atoms with Crippen LogP contribution in [0.4, 0.5) is 0 Å². The predicted octanol–water partition coefficient (Wildman–Crippen LogP) is 7.85. The summed E-state index contributed by atoms with van der Waals surface area (Å²) in [6.45, 7) is 4.72. The molecule has 0 radical (unpaired) electrons. The molecule has 1 heterocycles. The molecule has 1 aliphatic carbocycles. The Morgan fingerprint density at radius 1 is 0.724 bits per heavy atom. The number of aromatic nitrogens is 1. The molecule has 0 N–H and O–H groups in total. The van der Waals surface area contributed by atoms with E-state index in [-0.39, 0.29) is 5.41 Å². The minimum Gasteiger partial charge on any atom is -0.309 e. The van der Waals surface area contributed by atoms with Gasteiger partial charge in [-0.2, -0.15) is 0 Å². The van der Waals surface area contributed by atoms with Gasteiger partial charge in [-0.05, 0) is 46.5 Å². The van der Waals surface area contributed by atoms with E-state index in [0.717, 1.165) is 4.47 Å². The Hall–Kier alpha value is -2.84. The average molecular weight is 438 g/mol. The molecule has 0 saturated heterocycles. The predicted molar refractivity (Wildman–Crippen MR) is 126 cm³/mol. The van der Waals surface area contributed by atoms with Gasteiger partial charge in [0.05, 0.1) is 11.0 Å². The van der Waals surface area contributed by atoms with Crippen molar-refractivity contribution in [2.24, 2.45) is 0 Å². The zero-order valence-corrected chi connectivity index (χ0v) is 18.0. The smallest absolute Gasteiger partial charge is 0.0588 e. The second-order valence-corrected chi connectivity index (χ2v) is 9.30. The molecule has 2 heteroatoms. The number of rotatable bonds is 1. The highest BCUT2D eigenvalue weighted by Crippen LogP contribution is 2.52. The molecule has 0 spiro atoms. The Kier molecular flexibility index (Phi) is 3.43. The largest absolute Gasteiger partial charge is 0.309 e. The van der Waals surface area contributed by atoms with Gasteiger partial charge in [0, 0.05) is 26.3 Å². The molecular formula is C27H20BrN. The first-order chi connectivity index (χ1) is 14.1. The third kappa shape index (κ3) is 2.21. The molecule has 6 rings (SSSR count). The maximum Gasteiger partial charge on any atom is 0.0588 e. The van der Waals surface area contributed by atoms with E-state index in [9.17, 15) is 0 Å². The fraction of sp³-hybridized carbons (Fsp3) is 0.111. The summed E-state index contributed by atoms with van der Waals surface area (Å²) in [4.78, 5) is 0. The molecule has 1 aromatic heterocycles. The fourth-order valence-corrected chi connectivity index (χ4v) is 5.58. The van der Waals surface area contributed by atoms with E-state index in [2.05, 4.69) is 119 Å². The molecule has 0 saturated carbocycles. The lowest BCUT2D eigenvalue weighted by Crippen LogP contribution is -2.16. The maximum atomic E-state index is 3.67. The maximum absolute atomic E-state index is 3.67. The minimum atomic E-state index is -0.0520. The summed E-state index contributed by atoms with van der Waals surface area (Å²) < 4.78 is 3.54. The second kappa shape index (κ2) is 5.84. The van der Waals surface area contributed by atoms with Crippen LogP contribution >= 0.6 is 15.9 Å². The molecule has 0 amide bonds. The van der Waals surface area contributed by atoms with Crippen molar-refractivity contribution in [1.29, 1.82) is 0 Å². The van der Waals surface area contributed by atoms with Gasteiger partial charge in [0.1, 0.15) is 0 Å². The summed E-state index contributed by atoms with van der Waals surface area (Å²) in [5, 5.41) is 2.62. The van der Waals surface area contributed by atoms with Crippen molar-refractivity contribution < 1.29 is 0 Å². The van der Waals surface area contributed by atoms with Crippen LogP contribution in [0, 0.1) is 0 Å². The van der Waals surface area contributed by atoms with Gasteiger partial charge in [-0.15, -0.1) is 0 Å². The van der Waals surface area contributed by atoms with Gasteiger partial charge < -0.3 is 4.57 Å². The van der Waals surface area contributed by atoms with Crippen LogP contribution in [-0.2, 0) is 5.41 Å². The molecule has 0 fully saturated rings. The van der Waals surface area contributed by atoms with Crippen molar-refractivity contribution in [3.63, 3.8) is 0 Å². The summed E-state index contributed by atoms with van der Waals surface area (Å²) in [6.07, 6.45) is 0. The summed E-state index contributed by atoms with van der Waals surface area (Å²) in [6, 6.07) is 30.9. The molecule has 1 aliphatic rings. The molecule has 29 heavy (non-hydrogen) atoms. The highest BCUT2D eigenvalue weighted by atomic mass is 79.9. The highest BCUT2D eigenvalue weighted by Gasteiger charge is 2.38. The van der Waals surface area contributed by atoms with E-state index < -0.39 is 0 Å². The molecule has 1 nitrogen and oxygen atoms in total. The molecule has 5 aromatic rings. The number of nitrogens with zero attached hydrogens (tertiary/aromatic N) is 1. The zero-order valence-electron chi connectivity index (χ0n) is 16.4. The number of para-hydroxylation sites is 1. The first-order valence-corrected chi connectivity index (χ1v) is 10.8. The van der Waals surface area contributed by atoms with Crippen LogP contribution in [0.25, 0.3) is 38.6 Å². The number of halogens is 1. The zero-order chi connectivity index (χ0) is 19.8. The Morgan fingerprint density at radius 2 is 1.52 bits per heavy atom. The average Bonchev–Trinajstić information content (AvgIpc) is 3.18. The molecule has 0 atom stereocenters. The first kappa shape index (κ1) is 17.1. The van der Waals surface area contributed by atoms with Gasteiger partial charge in [0.2, 0.25) is 0 Å². The van der Waals surface area contributed by atoms with Crippen LogP contribution in [0.3, 0.4) is 0 Å². The van der Waals surface area contributed by atoms with E-state index in [1.165, 1.54) is 49.7 Å². The van der Waals surface area contributed by atoms with Gasteiger partial charge in [-0.25, -0.2) is 0 Å². The van der Waals surface area contributed by atoms with E-state index in [0.29, 0.717) is 0 Å². The van der Waals surface area contributed by atoms with Crippen LogP contribution in [0.2, 0.25) is 0 Å². The number of hydrogen-bond acceptors (Lipinski definition) is 0. The lowest BCUT2D eigenvalue weighted by molar-refractivity contribution is 0.664. The molecular weight excluding hydrogens is 418 g/mol. The molecule has 4 aromatic carbocycles. The lowest BCUT2D eigenvalue weighted by Gasteiger charge is -2.23. The summed E-state index contributed by atoms with van der Waals surface area (Å²) >= 11 is 3.67. The van der Waals surface area contributed by atoms with Crippen molar-refractivity contribution in [2.75, 3.05) is 0 Å². The molecule has 0 aliphatic heterocycles. The lowest BCUT2D eigenvalue weighted by atomic mass is 9.81. The normalized spacial score (nSPS) is 14.3. The topological polar surface area (TPSA) is 4.93 Å². The van der Waals surface area contributed by atoms with Gasteiger partial charge in [0.25, 0.3) is 0 Å². The number of fused-ring (bicyclic) bond motifs is 7. The van der Waals surface area contributed by atoms with Gasteiger partial charge in [-0.3, -0.25) is 0 Å². The summed E-state index contributed by atoms with van der Waals surface area (Å²) in [5.74, 6) is 0. The Balaban J connectivity index is 1.85. The standard InChI is InChI=1S/C27H20BrN/c1-27(2)23-12-5-3-10-19(23)21-14-15-22-20-11-4-6-13-24(20)29(26(22)25(21)27)18-9-7-8-17(28)16-18/h3-16H,1-2H3. The summed E-state index contributed by atoms with van der Waals surface area (Å²) in [7, 11) is 0. The third-order valence-corrected chi connectivity index (χ3v) is 6.91. The Morgan fingerprint density at radius 3 is 2.38 bits per heavy atom. The van der Waals surface area contributed by atoms with Crippen molar-refractivity contribution in [2.45, 2.75) is 19.3 Å². The van der Waals surface area contributed by atoms with E-state index >= 15 is 0 Å². The minimum absolute atomic E-state index is 0.0520. The summed E-state index contributed by atoms with van der Waals surface area (Å²) in [5.41, 5.74) is 9.26. The van der Waals surface area contributed by atoms with Crippen LogP contribution in [0.5, 0.6) is 0 Å². The van der Waals surface area contributed by atoms with Crippen LogP contribution < -0.4 is 0 Å². The van der Waals surface area contributed by atoms with Gasteiger partial charge in [0.15, 0.2) is 0 Å². The number of hydrogen-bond donors (Lipinski definition) is 0. The van der Waals surface area contributed by atoms with Crippen LogP contribution in [0.15, 0.2) is 89.4 Å². The van der Waals surface area contributed by atoms with Crippen molar-refractivity contribution in [3.05, 3.63) is 101 Å². The van der Waals surface area contributed by atoms with Crippen molar-refractivity contribution in [3.8, 4) is 16.8 Å². The molecule has 0 bridgehead atoms. The van der Waals surface area contributed by atoms with Gasteiger partial charge >= 0.3 is 0 Å². The van der Waals surface area contributed by atoms with Crippen LogP contribution in [0.1, 0.15) is 25.0 Å². The van der Waals surface area contributed by atoms with E-state index in [1.54, 1.807) is 0 Å². The Bertz CT molecular complexity index is 1440. The quantitative estimate of drug-likeness (QED) is 0.251. The van der Waals surface area contributed by atoms with Gasteiger partial charge in [-0.1, -0.05) is 90.4 Å². The first-order valence-electron chi connectivity index (χ1n) is 10.00. The second-order valence-electron chi connectivity index (χ2n) is 8.39. The van der Waals surface area contributed by atoms with Crippen molar-refractivity contribution >= 4 is 37.7 Å². The van der Waals surface area contributed by atoms with Crippen molar-refractivity contribution in [1.82, 2.24) is 4.57 Å². The highest BCUT2D eigenvalue weighted by molar-refractivity contribution is 9.10. The molecule has 0 unspecified atom stereocenters. The SMILES string of the molecule is CC1(C)c2ccccc2-c2ccc3c4ccccc4n(-c4cccc(Br)c4)c3c21. The van der Waals surface area contributed by atoms with Crippen LogP contribution in [-0.4, -0.2) is 4.57 Å². The number of benzene rings is 4.